The lowest BCUT2D eigenvalue weighted by Gasteiger charge is -2.02. The van der Waals surface area contributed by atoms with E-state index in [0.717, 1.165) is 17.3 Å². The van der Waals surface area contributed by atoms with Crippen LogP contribution in [0.1, 0.15) is 12.0 Å². The van der Waals surface area contributed by atoms with E-state index in [9.17, 15) is 5.11 Å². The summed E-state index contributed by atoms with van der Waals surface area (Å²) in [5, 5.41) is 10.2. The van der Waals surface area contributed by atoms with E-state index < -0.39 is 0 Å². The summed E-state index contributed by atoms with van der Waals surface area (Å²) in [6.45, 7) is 0. The van der Waals surface area contributed by atoms with E-state index in [4.69, 9.17) is 4.74 Å². The molecule has 0 atom stereocenters. The average molecular weight is 255 g/mol. The predicted octanol–water partition coefficient (Wildman–Crippen LogP) is 2.54. The van der Waals surface area contributed by atoms with Gasteiger partial charge in [-0.2, -0.15) is 0 Å². The summed E-state index contributed by atoms with van der Waals surface area (Å²) in [6.07, 6.45) is 0.809. The van der Waals surface area contributed by atoms with E-state index in [1.165, 1.54) is 7.11 Å². The topological polar surface area (TPSA) is 29.5 Å². The number of aromatic hydroxyl groups is 1. The van der Waals surface area contributed by atoms with Gasteiger partial charge in [-0.15, -0.1) is 0 Å². The van der Waals surface area contributed by atoms with Crippen molar-refractivity contribution in [2.24, 2.45) is 0 Å². The van der Waals surface area contributed by atoms with Gasteiger partial charge in [0.1, 0.15) is 0 Å². The summed E-state index contributed by atoms with van der Waals surface area (Å²) in [5.74, 6) is 6.56. The van der Waals surface area contributed by atoms with Gasteiger partial charge in [0.25, 0.3) is 0 Å². The number of benzene rings is 1. The van der Waals surface area contributed by atoms with Crippen molar-refractivity contribution in [1.29, 1.82) is 0 Å². The van der Waals surface area contributed by atoms with Crippen LogP contribution in [0.25, 0.3) is 0 Å². The number of alkyl halides is 1. The Hall–Kier alpha value is -1.14. The van der Waals surface area contributed by atoms with Crippen LogP contribution in [0.4, 0.5) is 0 Å². The van der Waals surface area contributed by atoms with Gasteiger partial charge in [0.2, 0.25) is 0 Å². The highest BCUT2D eigenvalue weighted by Crippen LogP contribution is 2.25. The second-order valence-electron chi connectivity index (χ2n) is 2.63. The number of hydrogen-bond donors (Lipinski definition) is 1. The van der Waals surface area contributed by atoms with Crippen molar-refractivity contribution in [3.8, 4) is 23.3 Å². The molecule has 0 fully saturated rings. The smallest absolute Gasteiger partial charge is 0.161 e. The number of methoxy groups -OCH3 is 1. The van der Waals surface area contributed by atoms with Crippen LogP contribution in [-0.4, -0.2) is 17.5 Å². The minimum Gasteiger partial charge on any atom is -0.504 e. The SMILES string of the molecule is COc1cc(C#CCCBr)ccc1O. The maximum Gasteiger partial charge on any atom is 0.161 e. The molecule has 0 unspecified atom stereocenters. The Kier molecular flexibility index (Phi) is 4.34. The van der Waals surface area contributed by atoms with Crippen LogP contribution in [-0.2, 0) is 0 Å². The Labute approximate surface area is 92.0 Å². The van der Waals surface area contributed by atoms with Gasteiger partial charge in [-0.25, -0.2) is 0 Å². The van der Waals surface area contributed by atoms with Crippen LogP contribution in [0.2, 0.25) is 0 Å². The minimum absolute atomic E-state index is 0.138. The number of ether oxygens (including phenoxy) is 1. The Morgan fingerprint density at radius 3 is 2.93 bits per heavy atom. The molecule has 3 heteroatoms. The predicted molar refractivity (Wildman–Crippen MR) is 59.9 cm³/mol. The summed E-state index contributed by atoms with van der Waals surface area (Å²) in [7, 11) is 1.52. The maximum absolute atomic E-state index is 9.33. The van der Waals surface area contributed by atoms with Gasteiger partial charge in [-0.05, 0) is 18.2 Å². The molecule has 0 spiro atoms. The molecule has 0 bridgehead atoms. The first kappa shape index (κ1) is 10.9. The number of rotatable bonds is 2. The second-order valence-corrected chi connectivity index (χ2v) is 3.42. The fraction of sp³-hybridized carbons (Fsp3) is 0.273. The summed E-state index contributed by atoms with van der Waals surface area (Å²) < 4.78 is 4.96. The largest absolute Gasteiger partial charge is 0.504 e. The van der Waals surface area contributed by atoms with Crippen molar-refractivity contribution >= 4 is 15.9 Å². The van der Waals surface area contributed by atoms with Crippen molar-refractivity contribution in [2.45, 2.75) is 6.42 Å². The molecule has 0 saturated heterocycles. The van der Waals surface area contributed by atoms with Crippen LogP contribution in [0.3, 0.4) is 0 Å². The highest BCUT2D eigenvalue weighted by molar-refractivity contribution is 9.09. The first-order valence-electron chi connectivity index (χ1n) is 4.19. The minimum atomic E-state index is 0.138. The molecule has 0 radical (unpaired) electrons. The van der Waals surface area contributed by atoms with Crippen molar-refractivity contribution in [3.05, 3.63) is 23.8 Å². The van der Waals surface area contributed by atoms with Crippen LogP contribution in [0.5, 0.6) is 11.5 Å². The molecule has 0 amide bonds. The molecular formula is C11H11BrO2. The number of halogens is 1. The Bertz CT molecular complexity index is 363. The molecule has 0 saturated carbocycles. The Morgan fingerprint density at radius 1 is 1.50 bits per heavy atom. The third-order valence-electron chi connectivity index (χ3n) is 1.63. The summed E-state index contributed by atoms with van der Waals surface area (Å²) in [4.78, 5) is 0. The highest BCUT2D eigenvalue weighted by atomic mass is 79.9. The van der Waals surface area contributed by atoms with Crippen LogP contribution >= 0.6 is 15.9 Å². The normalized spacial score (nSPS) is 9.00. The quantitative estimate of drug-likeness (QED) is 0.650. The van der Waals surface area contributed by atoms with Gasteiger partial charge in [0.05, 0.1) is 7.11 Å². The number of hydrogen-bond acceptors (Lipinski definition) is 2. The van der Waals surface area contributed by atoms with Gasteiger partial charge in [-0.3, -0.25) is 0 Å². The molecule has 0 heterocycles. The summed E-state index contributed by atoms with van der Waals surface area (Å²) in [6, 6.07) is 5.06. The molecular weight excluding hydrogens is 244 g/mol. The number of phenolic OH excluding ortho intramolecular Hbond substituents is 1. The molecule has 1 aromatic carbocycles. The first-order valence-corrected chi connectivity index (χ1v) is 5.32. The lowest BCUT2D eigenvalue weighted by atomic mass is 10.2. The van der Waals surface area contributed by atoms with Gasteiger partial charge >= 0.3 is 0 Å². The van der Waals surface area contributed by atoms with Crippen molar-refractivity contribution in [2.75, 3.05) is 12.4 Å². The molecule has 0 aliphatic heterocycles. The van der Waals surface area contributed by atoms with E-state index in [-0.39, 0.29) is 5.75 Å². The van der Waals surface area contributed by atoms with Crippen molar-refractivity contribution in [1.82, 2.24) is 0 Å². The van der Waals surface area contributed by atoms with E-state index in [1.807, 2.05) is 0 Å². The van der Waals surface area contributed by atoms with E-state index in [0.29, 0.717) is 5.75 Å². The fourth-order valence-electron chi connectivity index (χ4n) is 0.967. The Morgan fingerprint density at radius 2 is 2.29 bits per heavy atom. The van der Waals surface area contributed by atoms with Gasteiger partial charge in [0.15, 0.2) is 11.5 Å². The zero-order chi connectivity index (χ0) is 10.4. The monoisotopic (exact) mass is 254 g/mol. The van der Waals surface area contributed by atoms with E-state index >= 15 is 0 Å². The molecule has 1 rings (SSSR count). The van der Waals surface area contributed by atoms with E-state index in [2.05, 4.69) is 27.8 Å². The lowest BCUT2D eigenvalue weighted by molar-refractivity contribution is 0.373. The van der Waals surface area contributed by atoms with Crippen LogP contribution in [0, 0.1) is 11.8 Å². The zero-order valence-corrected chi connectivity index (χ0v) is 9.47. The van der Waals surface area contributed by atoms with Crippen LogP contribution in [0.15, 0.2) is 18.2 Å². The van der Waals surface area contributed by atoms with Gasteiger partial charge in [0, 0.05) is 17.3 Å². The lowest BCUT2D eigenvalue weighted by Crippen LogP contribution is -1.84. The number of phenols is 1. The molecule has 1 N–H and O–H groups in total. The molecule has 0 aromatic heterocycles. The van der Waals surface area contributed by atoms with Crippen molar-refractivity contribution in [3.63, 3.8) is 0 Å². The second kappa shape index (κ2) is 5.56. The summed E-state index contributed by atoms with van der Waals surface area (Å²) in [5.41, 5.74) is 0.848. The van der Waals surface area contributed by atoms with Gasteiger partial charge in [-0.1, -0.05) is 27.8 Å². The molecule has 14 heavy (non-hydrogen) atoms. The van der Waals surface area contributed by atoms with Crippen LogP contribution < -0.4 is 4.74 Å². The average Bonchev–Trinajstić information content (AvgIpc) is 2.21. The molecule has 0 aliphatic carbocycles. The highest BCUT2D eigenvalue weighted by Gasteiger charge is 1.99. The molecule has 74 valence electrons. The van der Waals surface area contributed by atoms with Gasteiger partial charge < -0.3 is 9.84 Å². The Balaban J connectivity index is 2.86. The third kappa shape index (κ3) is 2.97. The maximum atomic E-state index is 9.33. The zero-order valence-electron chi connectivity index (χ0n) is 7.88. The molecule has 1 aromatic rings. The third-order valence-corrected chi connectivity index (χ3v) is 2.03. The molecule has 0 aliphatic rings. The first-order chi connectivity index (χ1) is 6.77. The molecule has 2 nitrogen and oxygen atoms in total. The standard InChI is InChI=1S/C11H11BrO2/c1-14-11-8-9(4-2-3-7-12)5-6-10(11)13/h5-6,8,13H,3,7H2,1H3. The van der Waals surface area contributed by atoms with E-state index in [1.54, 1.807) is 18.2 Å². The summed E-state index contributed by atoms with van der Waals surface area (Å²) >= 11 is 3.30. The van der Waals surface area contributed by atoms with Crippen molar-refractivity contribution < 1.29 is 9.84 Å². The fourth-order valence-corrected chi connectivity index (χ4v) is 1.17.